The van der Waals surface area contributed by atoms with Crippen LogP contribution in [0.15, 0.2) is 12.1 Å². The van der Waals surface area contributed by atoms with Gasteiger partial charge < -0.3 is 10.6 Å². The van der Waals surface area contributed by atoms with Gasteiger partial charge in [-0.25, -0.2) is 8.78 Å². The second kappa shape index (κ2) is 5.44. The first-order valence-electron chi connectivity index (χ1n) is 6.03. The fraction of sp³-hybridized carbons (Fsp3) is 0.462. The second-order valence-electron chi connectivity index (χ2n) is 4.68. The Balaban J connectivity index is 1.91. The van der Waals surface area contributed by atoms with Crippen LogP contribution in [0.25, 0.3) is 0 Å². The molecule has 2 rings (SSSR count). The van der Waals surface area contributed by atoms with Gasteiger partial charge in [0.2, 0.25) is 5.91 Å². The van der Waals surface area contributed by atoms with Crippen molar-refractivity contribution >= 4 is 11.6 Å². The molecule has 1 saturated carbocycles. The van der Waals surface area contributed by atoms with Gasteiger partial charge in [0.05, 0.1) is 6.54 Å². The number of hydrogen-bond acceptors (Lipinski definition) is 2. The maximum atomic E-state index is 13.6. The lowest BCUT2D eigenvalue weighted by Crippen LogP contribution is -2.30. The van der Waals surface area contributed by atoms with Gasteiger partial charge in [-0.1, -0.05) is 6.07 Å². The van der Waals surface area contributed by atoms with Crippen molar-refractivity contribution in [3.8, 4) is 0 Å². The van der Waals surface area contributed by atoms with Crippen LogP contribution in [0.3, 0.4) is 0 Å². The van der Waals surface area contributed by atoms with Gasteiger partial charge in [-0.3, -0.25) is 4.79 Å². The van der Waals surface area contributed by atoms with Crippen LogP contribution in [0.4, 0.5) is 14.5 Å². The quantitative estimate of drug-likeness (QED) is 0.846. The van der Waals surface area contributed by atoms with E-state index >= 15 is 0 Å². The van der Waals surface area contributed by atoms with Gasteiger partial charge in [-0.15, -0.1) is 0 Å². The third-order valence-corrected chi connectivity index (χ3v) is 2.96. The van der Waals surface area contributed by atoms with E-state index in [1.165, 1.54) is 25.8 Å². The number of aryl methyl sites for hydroxylation is 1. The van der Waals surface area contributed by atoms with Crippen molar-refractivity contribution in [1.82, 2.24) is 5.32 Å². The Bertz CT molecular complexity index is 459. The first-order valence-corrected chi connectivity index (χ1v) is 6.03. The first-order chi connectivity index (χ1) is 8.58. The summed E-state index contributed by atoms with van der Waals surface area (Å²) in [5.41, 5.74) is -0.0640. The average Bonchev–Trinajstić information content (AvgIpc) is 3.14. The highest BCUT2D eigenvalue weighted by Gasteiger charge is 2.21. The Labute approximate surface area is 105 Å². The lowest BCUT2D eigenvalue weighted by atomic mass is 10.2. The number of rotatable bonds is 5. The number of nitrogens with one attached hydrogen (secondary N) is 2. The minimum absolute atomic E-state index is 0.0727. The molecular weight excluding hydrogens is 238 g/mol. The van der Waals surface area contributed by atoms with Crippen molar-refractivity contribution in [2.24, 2.45) is 5.92 Å². The second-order valence-corrected chi connectivity index (χ2v) is 4.68. The standard InChI is InChI=1S/C13H16F2N2O/c1-8-2-5-10(14)13(12(8)15)17-11(18)7-16-6-9-3-4-9/h2,5,9,16H,3-4,6-7H2,1H3,(H,17,18). The van der Waals surface area contributed by atoms with E-state index in [4.69, 9.17) is 0 Å². The molecule has 5 heteroatoms. The summed E-state index contributed by atoms with van der Waals surface area (Å²) >= 11 is 0. The minimum Gasteiger partial charge on any atom is -0.320 e. The van der Waals surface area contributed by atoms with Crippen molar-refractivity contribution in [2.75, 3.05) is 18.4 Å². The highest BCUT2D eigenvalue weighted by atomic mass is 19.1. The Hall–Kier alpha value is -1.49. The predicted molar refractivity (Wildman–Crippen MR) is 65.3 cm³/mol. The van der Waals surface area contributed by atoms with E-state index in [9.17, 15) is 13.6 Å². The molecule has 0 heterocycles. The number of halogens is 2. The fourth-order valence-corrected chi connectivity index (χ4v) is 1.67. The molecule has 1 aromatic carbocycles. The molecule has 0 atom stereocenters. The molecule has 0 saturated heterocycles. The summed E-state index contributed by atoms with van der Waals surface area (Å²) in [7, 11) is 0. The number of amides is 1. The molecule has 1 amide bonds. The summed E-state index contributed by atoms with van der Waals surface area (Å²) in [6.07, 6.45) is 2.38. The Morgan fingerprint density at radius 1 is 1.39 bits per heavy atom. The highest BCUT2D eigenvalue weighted by molar-refractivity contribution is 5.92. The van der Waals surface area contributed by atoms with Crippen LogP contribution in [0.2, 0.25) is 0 Å². The summed E-state index contributed by atoms with van der Waals surface area (Å²) in [6, 6.07) is 2.48. The fourth-order valence-electron chi connectivity index (χ4n) is 1.67. The van der Waals surface area contributed by atoms with E-state index < -0.39 is 17.5 Å². The van der Waals surface area contributed by atoms with E-state index in [1.54, 1.807) is 0 Å². The normalized spacial score (nSPS) is 14.6. The molecule has 0 radical (unpaired) electrons. The summed E-state index contributed by atoms with van der Waals surface area (Å²) in [5, 5.41) is 5.23. The Morgan fingerprint density at radius 2 is 2.11 bits per heavy atom. The van der Waals surface area contributed by atoms with Crippen LogP contribution >= 0.6 is 0 Å². The molecule has 1 aliphatic carbocycles. The molecule has 0 unspecified atom stereocenters. The van der Waals surface area contributed by atoms with E-state index in [0.29, 0.717) is 11.5 Å². The molecule has 1 aromatic rings. The summed E-state index contributed by atoms with van der Waals surface area (Å²) in [6.45, 7) is 2.38. The molecule has 1 fully saturated rings. The van der Waals surface area contributed by atoms with Crippen LogP contribution < -0.4 is 10.6 Å². The van der Waals surface area contributed by atoms with Gasteiger partial charge in [0, 0.05) is 0 Å². The van der Waals surface area contributed by atoms with Gasteiger partial charge in [-0.2, -0.15) is 0 Å². The molecule has 1 aliphatic rings. The molecule has 0 spiro atoms. The molecule has 98 valence electrons. The molecule has 2 N–H and O–H groups in total. The first kappa shape index (κ1) is 13.0. The molecular formula is C13H16F2N2O. The van der Waals surface area contributed by atoms with Crippen LogP contribution in [0.5, 0.6) is 0 Å². The van der Waals surface area contributed by atoms with Gasteiger partial charge in [0.25, 0.3) is 0 Å². The number of benzene rings is 1. The minimum atomic E-state index is -0.756. The van der Waals surface area contributed by atoms with E-state index in [-0.39, 0.29) is 12.2 Å². The van der Waals surface area contributed by atoms with E-state index in [2.05, 4.69) is 10.6 Å². The van der Waals surface area contributed by atoms with Gasteiger partial charge in [0.1, 0.15) is 11.5 Å². The molecule has 0 bridgehead atoms. The topological polar surface area (TPSA) is 41.1 Å². The van der Waals surface area contributed by atoms with Gasteiger partial charge >= 0.3 is 0 Å². The largest absolute Gasteiger partial charge is 0.320 e. The van der Waals surface area contributed by atoms with Crippen LogP contribution in [0.1, 0.15) is 18.4 Å². The summed E-state index contributed by atoms with van der Waals surface area (Å²) in [5.74, 6) is -1.25. The lowest BCUT2D eigenvalue weighted by molar-refractivity contribution is -0.115. The van der Waals surface area contributed by atoms with Crippen LogP contribution in [-0.4, -0.2) is 19.0 Å². The zero-order chi connectivity index (χ0) is 13.1. The number of hydrogen-bond donors (Lipinski definition) is 2. The summed E-state index contributed by atoms with van der Waals surface area (Å²) < 4.78 is 27.0. The maximum Gasteiger partial charge on any atom is 0.238 e. The average molecular weight is 254 g/mol. The molecule has 0 aromatic heterocycles. The third-order valence-electron chi connectivity index (χ3n) is 2.96. The zero-order valence-corrected chi connectivity index (χ0v) is 10.2. The van der Waals surface area contributed by atoms with Crippen molar-refractivity contribution in [2.45, 2.75) is 19.8 Å². The van der Waals surface area contributed by atoms with E-state index in [0.717, 1.165) is 12.6 Å². The monoisotopic (exact) mass is 254 g/mol. The van der Waals surface area contributed by atoms with Crippen LogP contribution in [-0.2, 0) is 4.79 Å². The molecule has 3 nitrogen and oxygen atoms in total. The molecule has 0 aliphatic heterocycles. The zero-order valence-electron chi connectivity index (χ0n) is 10.2. The SMILES string of the molecule is Cc1ccc(F)c(NC(=O)CNCC2CC2)c1F. The van der Waals surface area contributed by atoms with Crippen LogP contribution in [0, 0.1) is 24.5 Å². The maximum absolute atomic E-state index is 13.6. The predicted octanol–water partition coefficient (Wildman–Crippen LogP) is 2.21. The smallest absolute Gasteiger partial charge is 0.238 e. The highest BCUT2D eigenvalue weighted by Crippen LogP contribution is 2.27. The van der Waals surface area contributed by atoms with Gasteiger partial charge in [0.15, 0.2) is 5.82 Å². The van der Waals surface area contributed by atoms with Crippen molar-refractivity contribution in [3.05, 3.63) is 29.3 Å². The lowest BCUT2D eigenvalue weighted by Gasteiger charge is -2.09. The Morgan fingerprint density at radius 3 is 2.78 bits per heavy atom. The number of anilines is 1. The van der Waals surface area contributed by atoms with Crippen molar-refractivity contribution in [3.63, 3.8) is 0 Å². The molecule has 18 heavy (non-hydrogen) atoms. The van der Waals surface area contributed by atoms with Gasteiger partial charge in [-0.05, 0) is 43.9 Å². The Kier molecular flexibility index (Phi) is 3.91. The van der Waals surface area contributed by atoms with E-state index in [1.807, 2.05) is 0 Å². The summed E-state index contributed by atoms with van der Waals surface area (Å²) in [4.78, 5) is 11.5. The number of carbonyl (C=O) groups is 1. The number of carbonyl (C=O) groups excluding carboxylic acids is 1. The third kappa shape index (κ3) is 3.26. The van der Waals surface area contributed by atoms with Crippen molar-refractivity contribution < 1.29 is 13.6 Å². The van der Waals surface area contributed by atoms with Crippen molar-refractivity contribution in [1.29, 1.82) is 0 Å².